The topological polar surface area (TPSA) is 79.2 Å². The van der Waals surface area contributed by atoms with Gasteiger partial charge in [-0.2, -0.15) is 5.26 Å². The number of benzene rings is 2. The van der Waals surface area contributed by atoms with Gasteiger partial charge in [0.1, 0.15) is 11.8 Å². The predicted octanol–water partition coefficient (Wildman–Crippen LogP) is 2.70. The van der Waals surface area contributed by atoms with Gasteiger partial charge < -0.3 is 4.74 Å². The molecule has 2 aromatic rings. The molecule has 0 atom stereocenters. The monoisotopic (exact) mass is 336 g/mol. The molecule has 0 unspecified atom stereocenters. The van der Waals surface area contributed by atoms with Crippen LogP contribution in [0.4, 0.5) is 0 Å². The zero-order chi connectivity index (χ0) is 16.2. The molecule has 0 bridgehead atoms. The molecule has 0 aromatic heterocycles. The molecule has 0 aliphatic carbocycles. The first-order valence-corrected chi connectivity index (χ1v) is 8.15. The molecular formula is C15H13ClN2O3S. The first kappa shape index (κ1) is 16.3. The third kappa shape index (κ3) is 3.57. The fourth-order valence-corrected chi connectivity index (χ4v) is 3.32. The minimum atomic E-state index is -3.78. The van der Waals surface area contributed by atoms with Gasteiger partial charge in [-0.15, -0.1) is 0 Å². The zero-order valence-corrected chi connectivity index (χ0v) is 13.3. The summed E-state index contributed by atoms with van der Waals surface area (Å²) >= 11 is 6.00. The van der Waals surface area contributed by atoms with Gasteiger partial charge in [0.15, 0.2) is 0 Å². The number of hydrogen-bond acceptors (Lipinski definition) is 4. The van der Waals surface area contributed by atoms with Gasteiger partial charge >= 0.3 is 0 Å². The molecule has 0 aliphatic rings. The average molecular weight is 337 g/mol. The maximum Gasteiger partial charge on any atom is 0.242 e. The van der Waals surface area contributed by atoms with Crippen molar-refractivity contribution >= 4 is 21.6 Å². The summed E-state index contributed by atoms with van der Waals surface area (Å²) in [5.41, 5.74) is 0.784. The number of halogens is 1. The second-order valence-corrected chi connectivity index (χ2v) is 6.54. The summed E-state index contributed by atoms with van der Waals surface area (Å²) in [5, 5.41) is 9.39. The minimum absolute atomic E-state index is 0.0443. The van der Waals surface area contributed by atoms with Crippen LogP contribution >= 0.6 is 11.6 Å². The molecule has 0 heterocycles. The second kappa shape index (κ2) is 6.79. The normalized spacial score (nSPS) is 11.0. The number of rotatable bonds is 5. The van der Waals surface area contributed by atoms with Gasteiger partial charge in [-0.05, 0) is 29.8 Å². The molecule has 22 heavy (non-hydrogen) atoms. The largest absolute Gasteiger partial charge is 0.495 e. The fraction of sp³-hybridized carbons (Fsp3) is 0.133. The number of methoxy groups -OCH3 is 1. The molecule has 0 aliphatic heterocycles. The quantitative estimate of drug-likeness (QED) is 0.910. The van der Waals surface area contributed by atoms with Crippen LogP contribution in [0.5, 0.6) is 5.75 Å². The molecule has 2 rings (SSSR count). The van der Waals surface area contributed by atoms with Gasteiger partial charge in [-0.25, -0.2) is 13.1 Å². The fourth-order valence-electron chi connectivity index (χ4n) is 1.87. The molecule has 0 spiro atoms. The van der Waals surface area contributed by atoms with Crippen molar-refractivity contribution in [3.63, 3.8) is 0 Å². The van der Waals surface area contributed by atoms with Crippen LogP contribution in [0.3, 0.4) is 0 Å². The number of nitriles is 1. The van der Waals surface area contributed by atoms with E-state index in [1.807, 2.05) is 6.07 Å². The van der Waals surface area contributed by atoms with Gasteiger partial charge in [0, 0.05) is 6.54 Å². The van der Waals surface area contributed by atoms with E-state index in [4.69, 9.17) is 21.6 Å². The standard InChI is InChI=1S/C15H13ClN2O3S/c1-21-14-7-6-11(8-13(14)16)10-18-22(19,20)15-5-3-2-4-12(15)9-17/h2-8,18H,10H2,1H3. The maximum absolute atomic E-state index is 12.3. The van der Waals surface area contributed by atoms with E-state index in [9.17, 15) is 8.42 Å². The van der Waals surface area contributed by atoms with Gasteiger partial charge in [0.2, 0.25) is 10.0 Å². The van der Waals surface area contributed by atoms with Crippen LogP contribution in [-0.4, -0.2) is 15.5 Å². The smallest absolute Gasteiger partial charge is 0.242 e. The molecule has 0 amide bonds. The van der Waals surface area contributed by atoms with Crippen molar-refractivity contribution in [3.8, 4) is 11.8 Å². The molecule has 0 fully saturated rings. The average Bonchev–Trinajstić information content (AvgIpc) is 2.53. The van der Waals surface area contributed by atoms with Crippen molar-refractivity contribution in [1.82, 2.24) is 4.72 Å². The van der Waals surface area contributed by atoms with E-state index in [-0.39, 0.29) is 17.0 Å². The first-order chi connectivity index (χ1) is 10.5. The third-order valence-electron chi connectivity index (χ3n) is 2.98. The summed E-state index contributed by atoms with van der Waals surface area (Å²) < 4.78 is 32.0. The second-order valence-electron chi connectivity index (χ2n) is 4.40. The Morgan fingerprint density at radius 1 is 1.27 bits per heavy atom. The summed E-state index contributed by atoms with van der Waals surface area (Å²) in [5.74, 6) is 0.517. The summed E-state index contributed by atoms with van der Waals surface area (Å²) in [6, 6.07) is 12.9. The van der Waals surface area contributed by atoms with E-state index >= 15 is 0 Å². The Hall–Kier alpha value is -2.07. The lowest BCUT2D eigenvalue weighted by atomic mass is 10.2. The van der Waals surface area contributed by atoms with Crippen LogP contribution in [0, 0.1) is 11.3 Å². The maximum atomic E-state index is 12.3. The summed E-state index contributed by atoms with van der Waals surface area (Å²) in [4.78, 5) is -0.0443. The lowest BCUT2D eigenvalue weighted by Gasteiger charge is -2.09. The third-order valence-corrected chi connectivity index (χ3v) is 4.73. The van der Waals surface area contributed by atoms with Gasteiger partial charge in [-0.3, -0.25) is 0 Å². The van der Waals surface area contributed by atoms with E-state index < -0.39 is 10.0 Å². The Labute approximate surface area is 134 Å². The van der Waals surface area contributed by atoms with E-state index in [0.717, 1.165) is 0 Å². The molecule has 5 nitrogen and oxygen atoms in total. The SMILES string of the molecule is COc1ccc(CNS(=O)(=O)c2ccccc2C#N)cc1Cl. The van der Waals surface area contributed by atoms with Crippen molar-refractivity contribution in [2.45, 2.75) is 11.4 Å². The van der Waals surface area contributed by atoms with Crippen molar-refractivity contribution in [1.29, 1.82) is 5.26 Å². The Bertz CT molecular complexity index is 829. The highest BCUT2D eigenvalue weighted by atomic mass is 35.5. The Morgan fingerprint density at radius 3 is 2.64 bits per heavy atom. The van der Waals surface area contributed by atoms with Gasteiger partial charge in [-0.1, -0.05) is 29.8 Å². The number of sulfonamides is 1. The van der Waals surface area contributed by atoms with Gasteiger partial charge in [0.05, 0.1) is 22.6 Å². The van der Waals surface area contributed by atoms with Gasteiger partial charge in [0.25, 0.3) is 0 Å². The molecule has 7 heteroatoms. The first-order valence-electron chi connectivity index (χ1n) is 6.29. The number of hydrogen-bond donors (Lipinski definition) is 1. The molecule has 114 valence electrons. The predicted molar refractivity (Wildman–Crippen MR) is 83.2 cm³/mol. The zero-order valence-electron chi connectivity index (χ0n) is 11.7. The lowest BCUT2D eigenvalue weighted by Crippen LogP contribution is -2.24. The summed E-state index contributed by atoms with van der Waals surface area (Å²) in [6.07, 6.45) is 0. The van der Waals surface area contributed by atoms with Crippen LogP contribution in [0.1, 0.15) is 11.1 Å². The molecule has 0 saturated carbocycles. The van der Waals surface area contributed by atoms with Crippen LogP contribution < -0.4 is 9.46 Å². The van der Waals surface area contributed by atoms with E-state index in [1.165, 1.54) is 19.2 Å². The Kier molecular flexibility index (Phi) is 5.03. The summed E-state index contributed by atoms with van der Waals surface area (Å²) in [6.45, 7) is 0.0613. The lowest BCUT2D eigenvalue weighted by molar-refractivity contribution is 0.415. The number of nitrogens with one attached hydrogen (secondary N) is 1. The summed E-state index contributed by atoms with van der Waals surface area (Å²) in [7, 11) is -2.27. The highest BCUT2D eigenvalue weighted by molar-refractivity contribution is 7.89. The van der Waals surface area contributed by atoms with Crippen molar-refractivity contribution < 1.29 is 13.2 Å². The Balaban J connectivity index is 2.20. The highest BCUT2D eigenvalue weighted by Gasteiger charge is 2.17. The number of nitrogens with zero attached hydrogens (tertiary/aromatic N) is 1. The molecule has 2 aromatic carbocycles. The van der Waals surface area contributed by atoms with Crippen LogP contribution in [0.2, 0.25) is 5.02 Å². The molecule has 0 radical (unpaired) electrons. The molecule has 0 saturated heterocycles. The minimum Gasteiger partial charge on any atom is -0.495 e. The molecular weight excluding hydrogens is 324 g/mol. The van der Waals surface area contributed by atoms with Crippen LogP contribution in [0.15, 0.2) is 47.4 Å². The van der Waals surface area contributed by atoms with E-state index in [0.29, 0.717) is 16.3 Å². The van der Waals surface area contributed by atoms with Crippen LogP contribution in [0.25, 0.3) is 0 Å². The van der Waals surface area contributed by atoms with E-state index in [1.54, 1.807) is 30.3 Å². The highest BCUT2D eigenvalue weighted by Crippen LogP contribution is 2.25. The Morgan fingerprint density at radius 2 is 2.00 bits per heavy atom. The number of ether oxygens (including phenoxy) is 1. The van der Waals surface area contributed by atoms with Crippen molar-refractivity contribution in [2.75, 3.05) is 7.11 Å². The molecule has 1 N–H and O–H groups in total. The van der Waals surface area contributed by atoms with Crippen molar-refractivity contribution in [2.24, 2.45) is 0 Å². The van der Waals surface area contributed by atoms with E-state index in [2.05, 4.69) is 4.72 Å². The van der Waals surface area contributed by atoms with Crippen molar-refractivity contribution in [3.05, 3.63) is 58.6 Å². The van der Waals surface area contributed by atoms with Crippen LogP contribution in [-0.2, 0) is 16.6 Å².